The van der Waals surface area contributed by atoms with Crippen molar-refractivity contribution in [2.75, 3.05) is 19.6 Å². The summed E-state index contributed by atoms with van der Waals surface area (Å²) < 4.78 is 0. The third-order valence-corrected chi connectivity index (χ3v) is 4.51. The summed E-state index contributed by atoms with van der Waals surface area (Å²) in [6.07, 6.45) is 9.41. The lowest BCUT2D eigenvalue weighted by atomic mass is 9.88. The van der Waals surface area contributed by atoms with Gasteiger partial charge in [0.05, 0.1) is 0 Å². The van der Waals surface area contributed by atoms with E-state index in [2.05, 4.69) is 37.9 Å². The van der Waals surface area contributed by atoms with Crippen molar-refractivity contribution in [2.45, 2.75) is 84.2 Å². The molecule has 1 unspecified atom stereocenters. The van der Waals surface area contributed by atoms with Crippen LogP contribution in [0.5, 0.6) is 0 Å². The van der Waals surface area contributed by atoms with Crippen molar-refractivity contribution in [1.82, 2.24) is 10.2 Å². The van der Waals surface area contributed by atoms with E-state index < -0.39 is 0 Å². The molecule has 1 aliphatic heterocycles. The summed E-state index contributed by atoms with van der Waals surface area (Å²) in [5.74, 6) is 0. The lowest BCUT2D eigenvalue weighted by Gasteiger charge is -2.43. The maximum absolute atomic E-state index is 3.80. The van der Waals surface area contributed by atoms with Gasteiger partial charge >= 0.3 is 0 Å². The first kappa shape index (κ1) is 16.0. The molecule has 0 spiro atoms. The van der Waals surface area contributed by atoms with Crippen LogP contribution in [0.3, 0.4) is 0 Å². The fraction of sp³-hybridized carbons (Fsp3) is 1.00. The summed E-state index contributed by atoms with van der Waals surface area (Å²) in [5.41, 5.74) is 0.319. The Balaban J connectivity index is 2.54. The molecule has 0 aliphatic carbocycles. The normalized spacial score (nSPS) is 19.3. The lowest BCUT2D eigenvalue weighted by Crippen LogP contribution is -2.57. The maximum atomic E-state index is 3.80. The molecule has 1 rings (SSSR count). The summed E-state index contributed by atoms with van der Waals surface area (Å²) >= 11 is 0. The third-order valence-electron chi connectivity index (χ3n) is 4.51. The largest absolute Gasteiger partial charge is 0.312 e. The SMILES string of the molecule is CCCCCC(NCCC)C(C)(C)N1CCCC1. The van der Waals surface area contributed by atoms with E-state index in [-0.39, 0.29) is 0 Å². The molecule has 2 nitrogen and oxygen atoms in total. The summed E-state index contributed by atoms with van der Waals surface area (Å²) in [6, 6.07) is 0.655. The predicted octanol–water partition coefficient (Wildman–Crippen LogP) is 3.81. The van der Waals surface area contributed by atoms with Crippen molar-refractivity contribution in [1.29, 1.82) is 0 Å². The highest BCUT2D eigenvalue weighted by Crippen LogP contribution is 2.27. The van der Waals surface area contributed by atoms with E-state index in [1.54, 1.807) is 0 Å². The van der Waals surface area contributed by atoms with Gasteiger partial charge in [-0.1, -0.05) is 33.1 Å². The molecule has 1 saturated heterocycles. The second-order valence-electron chi connectivity index (χ2n) is 6.35. The summed E-state index contributed by atoms with van der Waals surface area (Å²) in [4.78, 5) is 2.70. The van der Waals surface area contributed by atoms with Crippen LogP contribution in [0.2, 0.25) is 0 Å². The van der Waals surface area contributed by atoms with Gasteiger partial charge in [-0.25, -0.2) is 0 Å². The Morgan fingerprint density at radius 2 is 1.72 bits per heavy atom. The Labute approximate surface area is 115 Å². The predicted molar refractivity (Wildman–Crippen MR) is 81.1 cm³/mol. The quantitative estimate of drug-likeness (QED) is 0.629. The fourth-order valence-electron chi connectivity index (χ4n) is 3.14. The van der Waals surface area contributed by atoms with Gasteiger partial charge in [-0.3, -0.25) is 4.90 Å². The Hall–Kier alpha value is -0.0800. The van der Waals surface area contributed by atoms with Crippen molar-refractivity contribution in [2.24, 2.45) is 0 Å². The van der Waals surface area contributed by atoms with E-state index in [0.717, 1.165) is 6.54 Å². The second-order valence-corrected chi connectivity index (χ2v) is 6.35. The Kier molecular flexibility index (Phi) is 7.25. The van der Waals surface area contributed by atoms with Crippen LogP contribution in [0, 0.1) is 0 Å². The van der Waals surface area contributed by atoms with Crippen LogP contribution in [-0.2, 0) is 0 Å². The number of hydrogen-bond acceptors (Lipinski definition) is 2. The summed E-state index contributed by atoms with van der Waals surface area (Å²) in [5, 5.41) is 3.80. The minimum absolute atomic E-state index is 0.319. The van der Waals surface area contributed by atoms with Crippen LogP contribution in [0.1, 0.15) is 72.6 Å². The highest BCUT2D eigenvalue weighted by Gasteiger charge is 2.35. The van der Waals surface area contributed by atoms with E-state index in [1.165, 1.54) is 58.0 Å². The third kappa shape index (κ3) is 4.55. The van der Waals surface area contributed by atoms with Crippen LogP contribution >= 0.6 is 0 Å². The number of nitrogens with zero attached hydrogens (tertiary/aromatic N) is 1. The smallest absolute Gasteiger partial charge is 0.0306 e. The van der Waals surface area contributed by atoms with Gasteiger partial charge in [-0.05, 0) is 59.2 Å². The zero-order chi connectivity index (χ0) is 13.4. The number of rotatable bonds is 9. The summed E-state index contributed by atoms with van der Waals surface area (Å²) in [6.45, 7) is 13.2. The van der Waals surface area contributed by atoms with Crippen molar-refractivity contribution in [3.63, 3.8) is 0 Å². The molecule has 108 valence electrons. The first-order chi connectivity index (χ1) is 8.62. The topological polar surface area (TPSA) is 15.3 Å². The van der Waals surface area contributed by atoms with Crippen LogP contribution < -0.4 is 5.32 Å². The monoisotopic (exact) mass is 254 g/mol. The standard InChI is InChI=1S/C16H34N2/c1-5-7-8-11-15(17-12-6-2)16(3,4)18-13-9-10-14-18/h15,17H,5-14H2,1-4H3. The van der Waals surface area contributed by atoms with E-state index in [0.29, 0.717) is 11.6 Å². The molecule has 0 aromatic heterocycles. The van der Waals surface area contributed by atoms with E-state index in [4.69, 9.17) is 0 Å². The molecule has 1 N–H and O–H groups in total. The van der Waals surface area contributed by atoms with Gasteiger partial charge in [0.25, 0.3) is 0 Å². The lowest BCUT2D eigenvalue weighted by molar-refractivity contribution is 0.101. The van der Waals surface area contributed by atoms with E-state index in [1.807, 2.05) is 0 Å². The van der Waals surface area contributed by atoms with Crippen LogP contribution in [0.15, 0.2) is 0 Å². The van der Waals surface area contributed by atoms with Gasteiger partial charge in [-0.15, -0.1) is 0 Å². The van der Waals surface area contributed by atoms with Crippen molar-refractivity contribution in [3.8, 4) is 0 Å². The molecule has 0 aromatic rings. The molecule has 0 amide bonds. The number of unbranched alkanes of at least 4 members (excludes halogenated alkanes) is 2. The van der Waals surface area contributed by atoms with Crippen LogP contribution in [0.25, 0.3) is 0 Å². The van der Waals surface area contributed by atoms with Gasteiger partial charge in [0.15, 0.2) is 0 Å². The van der Waals surface area contributed by atoms with Gasteiger partial charge in [0.2, 0.25) is 0 Å². The van der Waals surface area contributed by atoms with E-state index in [9.17, 15) is 0 Å². The van der Waals surface area contributed by atoms with Crippen LogP contribution in [-0.4, -0.2) is 36.1 Å². The fourth-order valence-corrected chi connectivity index (χ4v) is 3.14. The zero-order valence-corrected chi connectivity index (χ0v) is 13.1. The number of nitrogens with one attached hydrogen (secondary N) is 1. The molecule has 1 atom stereocenters. The molecule has 1 fully saturated rings. The molecule has 2 heteroatoms. The second kappa shape index (κ2) is 8.16. The average Bonchev–Trinajstić information content (AvgIpc) is 2.87. The van der Waals surface area contributed by atoms with Crippen molar-refractivity contribution >= 4 is 0 Å². The highest BCUT2D eigenvalue weighted by molar-refractivity contribution is 4.95. The minimum atomic E-state index is 0.319. The molecule has 0 bridgehead atoms. The van der Waals surface area contributed by atoms with Gasteiger partial charge < -0.3 is 5.32 Å². The number of hydrogen-bond donors (Lipinski definition) is 1. The Morgan fingerprint density at radius 1 is 1.06 bits per heavy atom. The maximum Gasteiger partial charge on any atom is 0.0306 e. The van der Waals surface area contributed by atoms with Gasteiger partial charge in [0.1, 0.15) is 0 Å². The zero-order valence-electron chi connectivity index (χ0n) is 13.1. The molecular weight excluding hydrogens is 220 g/mol. The molecule has 1 aliphatic rings. The number of likely N-dealkylation sites (tertiary alicyclic amines) is 1. The summed E-state index contributed by atoms with van der Waals surface area (Å²) in [7, 11) is 0. The molecule has 18 heavy (non-hydrogen) atoms. The van der Waals surface area contributed by atoms with Crippen LogP contribution in [0.4, 0.5) is 0 Å². The van der Waals surface area contributed by atoms with E-state index >= 15 is 0 Å². The first-order valence-corrected chi connectivity index (χ1v) is 8.11. The molecule has 0 radical (unpaired) electrons. The van der Waals surface area contributed by atoms with Gasteiger partial charge in [0, 0.05) is 11.6 Å². The van der Waals surface area contributed by atoms with Crippen molar-refractivity contribution < 1.29 is 0 Å². The Bertz CT molecular complexity index is 207. The molecular formula is C16H34N2. The van der Waals surface area contributed by atoms with Crippen molar-refractivity contribution in [3.05, 3.63) is 0 Å². The molecule has 0 saturated carbocycles. The van der Waals surface area contributed by atoms with Gasteiger partial charge in [-0.2, -0.15) is 0 Å². The molecule has 0 aromatic carbocycles. The Morgan fingerprint density at radius 3 is 2.28 bits per heavy atom. The average molecular weight is 254 g/mol. The molecule has 1 heterocycles. The minimum Gasteiger partial charge on any atom is -0.312 e. The first-order valence-electron chi connectivity index (χ1n) is 8.11. The highest BCUT2D eigenvalue weighted by atomic mass is 15.2.